The molecule has 0 amide bonds. The normalized spacial score (nSPS) is 25.4. The molecular formula is C13H19NO4S. The first-order valence-corrected chi connectivity index (χ1v) is 8.17. The van der Waals surface area contributed by atoms with Gasteiger partial charge in [0.05, 0.1) is 11.5 Å². The van der Waals surface area contributed by atoms with Gasteiger partial charge in [0, 0.05) is 6.54 Å². The molecule has 0 aliphatic carbocycles. The molecule has 6 heteroatoms. The average Bonchev–Trinajstić information content (AvgIpc) is 2.60. The van der Waals surface area contributed by atoms with E-state index in [1.54, 1.807) is 6.07 Å². The van der Waals surface area contributed by atoms with Gasteiger partial charge in [0.2, 0.25) is 0 Å². The van der Waals surface area contributed by atoms with Gasteiger partial charge in [-0.05, 0) is 24.2 Å². The van der Waals surface area contributed by atoms with E-state index in [0.29, 0.717) is 5.75 Å². The lowest BCUT2D eigenvalue weighted by molar-refractivity contribution is 0.0737. The summed E-state index contributed by atoms with van der Waals surface area (Å²) in [6, 6.07) is 7.46. The maximum absolute atomic E-state index is 11.4. The van der Waals surface area contributed by atoms with Crippen LogP contribution in [0.1, 0.15) is 12.5 Å². The molecule has 0 aromatic heterocycles. The second-order valence-corrected chi connectivity index (χ2v) is 6.88. The fraction of sp³-hybridized carbons (Fsp3) is 0.538. The molecule has 1 aliphatic rings. The Kier molecular flexibility index (Phi) is 4.44. The number of benzene rings is 1. The Bertz CT molecular complexity index is 529. The first kappa shape index (κ1) is 14.3. The number of sulfone groups is 1. The molecule has 1 heterocycles. The maximum Gasteiger partial charge on any atom is 0.156 e. The summed E-state index contributed by atoms with van der Waals surface area (Å²) in [5.74, 6) is 0.261. The van der Waals surface area contributed by atoms with Crippen LogP contribution in [0.15, 0.2) is 24.3 Å². The molecule has 1 aromatic rings. The molecule has 5 nitrogen and oxygen atoms in total. The number of hydrogen-bond acceptors (Lipinski definition) is 5. The molecule has 0 spiro atoms. The zero-order valence-electron chi connectivity index (χ0n) is 10.9. The van der Waals surface area contributed by atoms with Crippen molar-refractivity contribution < 1.29 is 18.3 Å². The minimum Gasteiger partial charge on any atom is -0.487 e. The number of nitrogens with one attached hydrogen (secondary N) is 1. The molecule has 106 valence electrons. The number of aliphatic hydroxyl groups excluding tert-OH is 1. The van der Waals surface area contributed by atoms with E-state index < -0.39 is 22.0 Å². The highest BCUT2D eigenvalue weighted by molar-refractivity contribution is 7.91. The van der Waals surface area contributed by atoms with E-state index in [-0.39, 0.29) is 11.5 Å². The van der Waals surface area contributed by atoms with Crippen LogP contribution in [0.4, 0.5) is 0 Å². The molecule has 19 heavy (non-hydrogen) atoms. The van der Waals surface area contributed by atoms with Crippen molar-refractivity contribution in [1.29, 1.82) is 0 Å². The highest BCUT2D eigenvalue weighted by atomic mass is 32.2. The van der Waals surface area contributed by atoms with Crippen LogP contribution in [-0.2, 0) is 16.4 Å². The van der Waals surface area contributed by atoms with E-state index in [1.807, 2.05) is 25.1 Å². The lowest BCUT2D eigenvalue weighted by Gasteiger charge is -2.16. The summed E-state index contributed by atoms with van der Waals surface area (Å²) >= 11 is 0. The third-order valence-electron chi connectivity index (χ3n) is 3.04. The number of hydrogen-bond donors (Lipinski definition) is 2. The molecular weight excluding hydrogens is 266 g/mol. The molecule has 1 fully saturated rings. The smallest absolute Gasteiger partial charge is 0.156 e. The van der Waals surface area contributed by atoms with Crippen LogP contribution in [0.3, 0.4) is 0 Å². The Morgan fingerprint density at radius 1 is 1.42 bits per heavy atom. The molecule has 0 saturated carbocycles. The summed E-state index contributed by atoms with van der Waals surface area (Å²) in [4.78, 5) is 0. The van der Waals surface area contributed by atoms with Crippen LogP contribution < -0.4 is 10.1 Å². The van der Waals surface area contributed by atoms with Crippen molar-refractivity contribution in [2.75, 3.05) is 18.1 Å². The Morgan fingerprint density at radius 3 is 2.84 bits per heavy atom. The topological polar surface area (TPSA) is 75.6 Å². The Labute approximate surface area is 113 Å². The van der Waals surface area contributed by atoms with Gasteiger partial charge in [0.1, 0.15) is 18.0 Å². The predicted molar refractivity (Wildman–Crippen MR) is 72.9 cm³/mol. The summed E-state index contributed by atoms with van der Waals surface area (Å²) in [6.07, 6.45) is -1.61. The minimum absolute atomic E-state index is 0.119. The fourth-order valence-corrected chi connectivity index (χ4v) is 3.74. The van der Waals surface area contributed by atoms with Gasteiger partial charge in [0.25, 0.3) is 0 Å². The molecule has 2 unspecified atom stereocenters. The number of ether oxygens (including phenoxy) is 1. The average molecular weight is 285 g/mol. The summed E-state index contributed by atoms with van der Waals surface area (Å²) in [7, 11) is -3.18. The lowest BCUT2D eigenvalue weighted by Crippen LogP contribution is -2.29. The van der Waals surface area contributed by atoms with Crippen LogP contribution in [0.2, 0.25) is 0 Å². The van der Waals surface area contributed by atoms with Gasteiger partial charge >= 0.3 is 0 Å². The van der Waals surface area contributed by atoms with E-state index in [1.165, 1.54) is 0 Å². The molecule has 1 aliphatic heterocycles. The van der Waals surface area contributed by atoms with E-state index in [0.717, 1.165) is 18.7 Å². The van der Waals surface area contributed by atoms with Crippen LogP contribution in [-0.4, -0.2) is 43.8 Å². The summed E-state index contributed by atoms with van der Waals surface area (Å²) < 4.78 is 28.4. The lowest BCUT2D eigenvalue weighted by atomic mass is 10.2. The predicted octanol–water partition coefficient (Wildman–Crippen LogP) is 0.333. The molecule has 0 radical (unpaired) electrons. The highest BCUT2D eigenvalue weighted by Crippen LogP contribution is 2.21. The zero-order valence-corrected chi connectivity index (χ0v) is 11.7. The first-order chi connectivity index (χ1) is 9.00. The standard InChI is InChI=1S/C13H19NO4S/c1-2-14-7-10-4-3-5-11(6-10)18-13-9-19(16,17)8-12(13)15/h3-6,12-15H,2,7-9H2,1H3. The third-order valence-corrected chi connectivity index (χ3v) is 4.72. The van der Waals surface area contributed by atoms with Crippen molar-refractivity contribution in [3.63, 3.8) is 0 Å². The van der Waals surface area contributed by atoms with E-state index in [2.05, 4.69) is 5.32 Å². The fourth-order valence-electron chi connectivity index (χ4n) is 2.08. The van der Waals surface area contributed by atoms with Gasteiger partial charge in [-0.1, -0.05) is 19.1 Å². The van der Waals surface area contributed by atoms with Crippen LogP contribution >= 0.6 is 0 Å². The van der Waals surface area contributed by atoms with Crippen molar-refractivity contribution in [3.8, 4) is 5.75 Å². The molecule has 1 saturated heterocycles. The Balaban J connectivity index is 2.03. The van der Waals surface area contributed by atoms with Crippen molar-refractivity contribution in [3.05, 3.63) is 29.8 Å². The van der Waals surface area contributed by atoms with Crippen molar-refractivity contribution in [1.82, 2.24) is 5.32 Å². The van der Waals surface area contributed by atoms with Gasteiger partial charge in [-0.3, -0.25) is 0 Å². The SMILES string of the molecule is CCNCc1cccc(OC2CS(=O)(=O)CC2O)c1. The molecule has 1 aromatic carbocycles. The van der Waals surface area contributed by atoms with Gasteiger partial charge < -0.3 is 15.2 Å². The van der Waals surface area contributed by atoms with Crippen molar-refractivity contribution in [2.45, 2.75) is 25.7 Å². The Hall–Kier alpha value is -1.11. The molecule has 2 rings (SSSR count). The maximum atomic E-state index is 11.4. The van der Waals surface area contributed by atoms with Gasteiger partial charge in [0.15, 0.2) is 9.84 Å². The zero-order chi connectivity index (χ0) is 13.9. The largest absolute Gasteiger partial charge is 0.487 e. The quantitative estimate of drug-likeness (QED) is 0.815. The monoisotopic (exact) mass is 285 g/mol. The van der Waals surface area contributed by atoms with Crippen LogP contribution in [0.5, 0.6) is 5.75 Å². The summed E-state index contributed by atoms with van der Waals surface area (Å²) in [5, 5.41) is 12.9. The summed E-state index contributed by atoms with van der Waals surface area (Å²) in [5.41, 5.74) is 1.06. The third kappa shape index (κ3) is 3.92. The van der Waals surface area contributed by atoms with E-state index in [9.17, 15) is 13.5 Å². The van der Waals surface area contributed by atoms with Crippen molar-refractivity contribution >= 4 is 9.84 Å². The van der Waals surface area contributed by atoms with Crippen molar-refractivity contribution in [2.24, 2.45) is 0 Å². The van der Waals surface area contributed by atoms with Crippen LogP contribution in [0, 0.1) is 0 Å². The second-order valence-electron chi connectivity index (χ2n) is 4.73. The molecule has 0 bridgehead atoms. The Morgan fingerprint density at radius 2 is 2.21 bits per heavy atom. The van der Waals surface area contributed by atoms with E-state index in [4.69, 9.17) is 4.74 Å². The van der Waals surface area contributed by atoms with Gasteiger partial charge in [-0.25, -0.2) is 8.42 Å². The van der Waals surface area contributed by atoms with Gasteiger partial charge in [-0.2, -0.15) is 0 Å². The molecule has 2 N–H and O–H groups in total. The molecule has 2 atom stereocenters. The number of rotatable bonds is 5. The highest BCUT2D eigenvalue weighted by Gasteiger charge is 2.38. The van der Waals surface area contributed by atoms with Crippen LogP contribution in [0.25, 0.3) is 0 Å². The number of aliphatic hydroxyl groups is 1. The first-order valence-electron chi connectivity index (χ1n) is 6.35. The van der Waals surface area contributed by atoms with E-state index >= 15 is 0 Å². The summed E-state index contributed by atoms with van der Waals surface area (Å²) in [6.45, 7) is 3.64. The second kappa shape index (κ2) is 5.90. The van der Waals surface area contributed by atoms with Gasteiger partial charge in [-0.15, -0.1) is 0 Å². The minimum atomic E-state index is -3.18.